The molecule has 3 rings (SSSR count). The van der Waals surface area contributed by atoms with Gasteiger partial charge in [-0.2, -0.15) is 0 Å². The Morgan fingerprint density at radius 3 is 2.39 bits per heavy atom. The number of rotatable bonds is 5. The maximum atomic E-state index is 13.0. The molecule has 1 aromatic rings. The van der Waals surface area contributed by atoms with Crippen LogP contribution in [0.3, 0.4) is 0 Å². The predicted molar refractivity (Wildman–Crippen MR) is 86.3 cm³/mol. The Morgan fingerprint density at radius 2 is 1.83 bits per heavy atom. The van der Waals surface area contributed by atoms with Crippen LogP contribution in [-0.4, -0.2) is 41.1 Å². The lowest BCUT2D eigenvalue weighted by Gasteiger charge is -2.37. The molecule has 0 bridgehead atoms. The zero-order chi connectivity index (χ0) is 16.4. The van der Waals surface area contributed by atoms with Crippen molar-refractivity contribution in [2.75, 3.05) is 13.1 Å². The molecule has 4 nitrogen and oxygen atoms in total. The number of halogens is 1. The summed E-state index contributed by atoms with van der Waals surface area (Å²) < 4.78 is 13.0. The third kappa shape index (κ3) is 4.09. The second kappa shape index (κ2) is 6.97. The quantitative estimate of drug-likeness (QED) is 0.875. The van der Waals surface area contributed by atoms with E-state index in [9.17, 15) is 14.3 Å². The number of hydrogen-bond donors (Lipinski definition) is 2. The second-order valence-corrected chi connectivity index (χ2v) is 6.83. The first-order valence-corrected chi connectivity index (χ1v) is 8.52. The Labute approximate surface area is 136 Å². The number of carbonyl (C=O) groups is 1. The lowest BCUT2D eigenvalue weighted by Crippen LogP contribution is -2.49. The molecule has 2 unspecified atom stereocenters. The number of carbonyl (C=O) groups excluding carboxylic acids is 1. The van der Waals surface area contributed by atoms with Gasteiger partial charge in [-0.15, -0.1) is 0 Å². The maximum Gasteiger partial charge on any atom is 0.237 e. The average molecular weight is 320 g/mol. The minimum absolute atomic E-state index is 0.112. The molecule has 1 aromatic carbocycles. The summed E-state index contributed by atoms with van der Waals surface area (Å²) in [5.41, 5.74) is 0.768. The van der Waals surface area contributed by atoms with Gasteiger partial charge in [-0.05, 0) is 69.3 Å². The monoisotopic (exact) mass is 320 g/mol. The van der Waals surface area contributed by atoms with Crippen molar-refractivity contribution < 1.29 is 14.3 Å². The molecule has 1 amide bonds. The highest BCUT2D eigenvalue weighted by Crippen LogP contribution is 2.31. The number of hydrogen-bond acceptors (Lipinski definition) is 3. The standard InChI is InChI=1S/C18H25FN2O2/c1-12(18(23)20-16-6-7-16)21-10-8-14(9-11-21)17(22)13-2-4-15(19)5-3-13/h2-5,12,14,16-17,22H,6-11H2,1H3,(H,20,23). The van der Waals surface area contributed by atoms with E-state index in [0.717, 1.165) is 44.3 Å². The molecule has 2 fully saturated rings. The molecular formula is C18H25FN2O2. The van der Waals surface area contributed by atoms with Crippen molar-refractivity contribution in [2.45, 2.75) is 50.8 Å². The lowest BCUT2D eigenvalue weighted by molar-refractivity contribution is -0.126. The number of amides is 1. The van der Waals surface area contributed by atoms with Crippen molar-refractivity contribution in [3.05, 3.63) is 35.6 Å². The van der Waals surface area contributed by atoms with Crippen LogP contribution in [0.4, 0.5) is 4.39 Å². The van der Waals surface area contributed by atoms with E-state index in [1.54, 1.807) is 12.1 Å². The zero-order valence-electron chi connectivity index (χ0n) is 13.5. The Bertz CT molecular complexity index is 536. The Morgan fingerprint density at radius 1 is 1.22 bits per heavy atom. The van der Waals surface area contributed by atoms with Crippen LogP contribution in [0.1, 0.15) is 44.3 Å². The van der Waals surface area contributed by atoms with E-state index in [-0.39, 0.29) is 23.7 Å². The van der Waals surface area contributed by atoms with Crippen LogP contribution in [0.5, 0.6) is 0 Å². The van der Waals surface area contributed by atoms with Crippen molar-refractivity contribution in [2.24, 2.45) is 5.92 Å². The predicted octanol–water partition coefficient (Wildman–Crippen LogP) is 2.24. The first-order valence-electron chi connectivity index (χ1n) is 8.52. The molecule has 0 radical (unpaired) electrons. The SMILES string of the molecule is CC(C(=O)NC1CC1)N1CCC(C(O)c2ccc(F)cc2)CC1. The van der Waals surface area contributed by atoms with Crippen LogP contribution in [0.15, 0.2) is 24.3 Å². The van der Waals surface area contributed by atoms with Crippen LogP contribution < -0.4 is 5.32 Å². The first kappa shape index (κ1) is 16.4. The van der Waals surface area contributed by atoms with E-state index >= 15 is 0 Å². The van der Waals surface area contributed by atoms with E-state index in [0.29, 0.717) is 6.04 Å². The normalized spacial score (nSPS) is 22.6. The average Bonchev–Trinajstić information content (AvgIpc) is 3.38. The summed E-state index contributed by atoms with van der Waals surface area (Å²) in [5.74, 6) is -0.00768. The molecule has 0 aromatic heterocycles. The first-order chi connectivity index (χ1) is 11.0. The second-order valence-electron chi connectivity index (χ2n) is 6.83. The highest BCUT2D eigenvalue weighted by molar-refractivity contribution is 5.81. The molecule has 1 heterocycles. The number of nitrogens with zero attached hydrogens (tertiary/aromatic N) is 1. The van der Waals surface area contributed by atoms with Crippen LogP contribution in [0.25, 0.3) is 0 Å². The maximum absolute atomic E-state index is 13.0. The van der Waals surface area contributed by atoms with Crippen LogP contribution >= 0.6 is 0 Å². The van der Waals surface area contributed by atoms with E-state index in [1.807, 2.05) is 6.92 Å². The van der Waals surface area contributed by atoms with Gasteiger partial charge in [0.05, 0.1) is 12.1 Å². The van der Waals surface area contributed by atoms with Gasteiger partial charge in [0.1, 0.15) is 5.82 Å². The van der Waals surface area contributed by atoms with Crippen molar-refractivity contribution in [3.63, 3.8) is 0 Å². The molecule has 2 atom stereocenters. The van der Waals surface area contributed by atoms with Crippen LogP contribution in [-0.2, 0) is 4.79 Å². The summed E-state index contributed by atoms with van der Waals surface area (Å²) in [6.45, 7) is 3.57. The molecule has 5 heteroatoms. The third-order valence-electron chi connectivity index (χ3n) is 5.08. The number of aliphatic hydroxyl groups is 1. The highest BCUT2D eigenvalue weighted by Gasteiger charge is 2.32. The molecule has 23 heavy (non-hydrogen) atoms. The Balaban J connectivity index is 1.51. The minimum atomic E-state index is -0.562. The van der Waals surface area contributed by atoms with Crippen molar-refractivity contribution in [1.82, 2.24) is 10.2 Å². The van der Waals surface area contributed by atoms with Crippen LogP contribution in [0.2, 0.25) is 0 Å². The number of piperidine rings is 1. The van der Waals surface area contributed by atoms with Gasteiger partial charge >= 0.3 is 0 Å². The summed E-state index contributed by atoms with van der Waals surface area (Å²) in [7, 11) is 0. The topological polar surface area (TPSA) is 52.6 Å². The van der Waals surface area contributed by atoms with Gasteiger partial charge in [-0.3, -0.25) is 9.69 Å². The van der Waals surface area contributed by atoms with E-state index in [1.165, 1.54) is 12.1 Å². The lowest BCUT2D eigenvalue weighted by atomic mass is 9.87. The van der Waals surface area contributed by atoms with Gasteiger partial charge in [0, 0.05) is 6.04 Å². The zero-order valence-corrected chi connectivity index (χ0v) is 13.5. The molecule has 1 saturated carbocycles. The number of aliphatic hydroxyl groups excluding tert-OH is 1. The van der Waals surface area contributed by atoms with Gasteiger partial charge < -0.3 is 10.4 Å². The van der Waals surface area contributed by atoms with Gasteiger partial charge in [0.25, 0.3) is 0 Å². The fraction of sp³-hybridized carbons (Fsp3) is 0.611. The Hall–Kier alpha value is -1.46. The van der Waals surface area contributed by atoms with Gasteiger partial charge in [-0.1, -0.05) is 12.1 Å². The van der Waals surface area contributed by atoms with Crippen molar-refractivity contribution in [3.8, 4) is 0 Å². The molecule has 1 aliphatic heterocycles. The Kier molecular flexibility index (Phi) is 4.97. The minimum Gasteiger partial charge on any atom is -0.388 e. The number of benzene rings is 1. The fourth-order valence-electron chi connectivity index (χ4n) is 3.27. The van der Waals surface area contributed by atoms with E-state index in [4.69, 9.17) is 0 Å². The third-order valence-corrected chi connectivity index (χ3v) is 5.08. The smallest absolute Gasteiger partial charge is 0.237 e. The molecule has 1 saturated heterocycles. The fourth-order valence-corrected chi connectivity index (χ4v) is 3.27. The number of likely N-dealkylation sites (tertiary alicyclic amines) is 1. The summed E-state index contributed by atoms with van der Waals surface area (Å²) in [5, 5.41) is 13.5. The highest BCUT2D eigenvalue weighted by atomic mass is 19.1. The summed E-state index contributed by atoms with van der Waals surface area (Å²) in [6, 6.07) is 6.36. The molecule has 2 aliphatic rings. The summed E-state index contributed by atoms with van der Waals surface area (Å²) >= 11 is 0. The van der Waals surface area contributed by atoms with Crippen molar-refractivity contribution >= 4 is 5.91 Å². The van der Waals surface area contributed by atoms with Gasteiger partial charge in [0.15, 0.2) is 0 Å². The summed E-state index contributed by atoms with van der Waals surface area (Å²) in [6.07, 6.45) is 3.34. The van der Waals surface area contributed by atoms with E-state index in [2.05, 4.69) is 10.2 Å². The summed E-state index contributed by atoms with van der Waals surface area (Å²) in [4.78, 5) is 14.3. The van der Waals surface area contributed by atoms with Gasteiger partial charge in [-0.25, -0.2) is 4.39 Å². The van der Waals surface area contributed by atoms with Gasteiger partial charge in [0.2, 0.25) is 5.91 Å². The molecule has 2 N–H and O–H groups in total. The molecule has 0 spiro atoms. The largest absolute Gasteiger partial charge is 0.388 e. The molecule has 1 aliphatic carbocycles. The number of nitrogens with one attached hydrogen (secondary N) is 1. The van der Waals surface area contributed by atoms with E-state index < -0.39 is 6.10 Å². The molecule has 126 valence electrons. The molecular weight excluding hydrogens is 295 g/mol. The van der Waals surface area contributed by atoms with Crippen molar-refractivity contribution in [1.29, 1.82) is 0 Å². The van der Waals surface area contributed by atoms with Crippen LogP contribution in [0, 0.1) is 11.7 Å².